The van der Waals surface area contributed by atoms with Gasteiger partial charge in [0, 0.05) is 65.8 Å². The first-order chi connectivity index (χ1) is 36.6. The second-order valence-corrected chi connectivity index (χ2v) is 24.3. The summed E-state index contributed by atoms with van der Waals surface area (Å²) in [7, 11) is 0. The first-order valence-electron chi connectivity index (χ1n) is 27.0. The van der Waals surface area contributed by atoms with E-state index in [9.17, 15) is 0 Å². The zero-order valence-corrected chi connectivity index (χ0v) is 45.0. The highest BCUT2D eigenvalue weighted by atomic mass is 15.0. The number of fused-ring (bicyclic) bond motifs is 12. The minimum Gasteiger partial charge on any atom is -0.309 e. The minimum atomic E-state index is -0.00177. The molecule has 4 heteroatoms. The third kappa shape index (κ3) is 7.10. The average molecular weight is 983 g/mol. The van der Waals surface area contributed by atoms with Crippen LogP contribution in [0.5, 0.6) is 0 Å². The standard InChI is InChI=1S/C72H62N4/c1-70(2,3)47-30-33-67-59(40-47)56-22-12-17-27-64(56)74(67)51-37-45(36-50(43-51)73-62-25-15-10-20-54(62)55-21-11-16-26-63(55)73)46-38-52(75-65-28-18-13-23-57(65)60-41-48(71(4,5)6)31-34-68(60)75)44-53(39-46)76-66-29-19-14-24-58(66)61-42-49(72(7,8)9)32-35-69(61)76/h10-44H,1-9H3. The van der Waals surface area contributed by atoms with E-state index in [1.165, 1.54) is 104 Å². The third-order valence-electron chi connectivity index (χ3n) is 16.4. The molecule has 0 saturated carbocycles. The molecule has 0 saturated heterocycles. The summed E-state index contributed by atoms with van der Waals surface area (Å²) in [5, 5.41) is 10.0. The minimum absolute atomic E-state index is 0.000236. The Kier molecular flexibility index (Phi) is 9.95. The Morgan fingerprint density at radius 2 is 0.421 bits per heavy atom. The first-order valence-corrected chi connectivity index (χ1v) is 27.0. The van der Waals surface area contributed by atoms with Crippen LogP contribution < -0.4 is 0 Å². The Hall–Kier alpha value is -8.60. The molecule has 0 amide bonds. The zero-order valence-electron chi connectivity index (χ0n) is 45.0. The monoisotopic (exact) mass is 982 g/mol. The second-order valence-electron chi connectivity index (χ2n) is 24.3. The molecule has 0 atom stereocenters. The third-order valence-corrected chi connectivity index (χ3v) is 16.4. The predicted octanol–water partition coefficient (Wildman–Crippen LogP) is 19.6. The predicted molar refractivity (Wildman–Crippen MR) is 325 cm³/mol. The SMILES string of the molecule is CC(C)(C)c1ccc2c(c1)c1ccccc1n2-c1cc(-c2cc(-n3c4ccccc4c4cc(C(C)(C)C)ccc43)cc(-n3c4ccccc4c4cc(C(C)(C)C)ccc43)c2)cc(-n2c3ccccc3c3ccccc32)c1. The molecule has 4 heterocycles. The van der Waals surface area contributed by atoms with Crippen LogP contribution in [0.2, 0.25) is 0 Å². The van der Waals surface area contributed by atoms with E-state index in [0.717, 1.165) is 33.9 Å². The van der Waals surface area contributed by atoms with Crippen molar-refractivity contribution in [3.05, 3.63) is 229 Å². The fourth-order valence-corrected chi connectivity index (χ4v) is 12.4. The van der Waals surface area contributed by atoms with Gasteiger partial charge in [0.2, 0.25) is 0 Å². The molecule has 0 aliphatic carbocycles. The van der Waals surface area contributed by atoms with Gasteiger partial charge < -0.3 is 18.3 Å². The van der Waals surface area contributed by atoms with E-state index in [1.807, 2.05) is 0 Å². The normalized spacial score (nSPS) is 12.8. The number of hydrogen-bond donors (Lipinski definition) is 0. The number of hydrogen-bond acceptors (Lipinski definition) is 0. The van der Waals surface area contributed by atoms with Crippen molar-refractivity contribution in [3.8, 4) is 33.9 Å². The van der Waals surface area contributed by atoms with Crippen molar-refractivity contribution in [2.75, 3.05) is 0 Å². The number of nitrogens with zero attached hydrogens (tertiary/aromatic N) is 4. The van der Waals surface area contributed by atoms with Crippen LogP contribution in [0, 0.1) is 0 Å². The molecule has 4 nitrogen and oxygen atoms in total. The summed E-state index contributed by atoms with van der Waals surface area (Å²) in [5.41, 5.74) is 20.1. The lowest BCUT2D eigenvalue weighted by molar-refractivity contribution is 0.591. The zero-order chi connectivity index (χ0) is 52.0. The van der Waals surface area contributed by atoms with Gasteiger partial charge in [0.1, 0.15) is 0 Å². The number of para-hydroxylation sites is 5. The molecule has 76 heavy (non-hydrogen) atoms. The van der Waals surface area contributed by atoms with Gasteiger partial charge in [-0.15, -0.1) is 0 Å². The van der Waals surface area contributed by atoms with E-state index in [4.69, 9.17) is 0 Å². The van der Waals surface area contributed by atoms with Crippen molar-refractivity contribution < 1.29 is 0 Å². The van der Waals surface area contributed by atoms with Gasteiger partial charge in [-0.05, 0) is 147 Å². The van der Waals surface area contributed by atoms with Crippen LogP contribution in [0.4, 0.5) is 0 Å². The van der Waals surface area contributed by atoms with Crippen molar-refractivity contribution in [3.63, 3.8) is 0 Å². The Bertz CT molecular complexity index is 4490. The van der Waals surface area contributed by atoms with Crippen LogP contribution in [0.3, 0.4) is 0 Å². The van der Waals surface area contributed by atoms with Crippen molar-refractivity contribution in [2.45, 2.75) is 78.6 Å². The Balaban J connectivity index is 1.12. The van der Waals surface area contributed by atoms with Gasteiger partial charge in [0.15, 0.2) is 0 Å². The van der Waals surface area contributed by atoms with Gasteiger partial charge in [-0.2, -0.15) is 0 Å². The summed E-state index contributed by atoms with van der Waals surface area (Å²) in [6.45, 7) is 20.8. The molecule has 0 unspecified atom stereocenters. The molecule has 0 bridgehead atoms. The van der Waals surface area contributed by atoms with E-state index >= 15 is 0 Å². The second kappa shape index (κ2) is 16.4. The van der Waals surface area contributed by atoms with Crippen molar-refractivity contribution in [1.82, 2.24) is 18.3 Å². The lowest BCUT2D eigenvalue weighted by atomic mass is 9.86. The maximum atomic E-state index is 2.51. The van der Waals surface area contributed by atoms with Crippen LogP contribution in [0.25, 0.3) is 121 Å². The van der Waals surface area contributed by atoms with Crippen LogP contribution >= 0.6 is 0 Å². The smallest absolute Gasteiger partial charge is 0.0541 e. The molecule has 370 valence electrons. The summed E-state index contributed by atoms with van der Waals surface area (Å²) in [6, 6.07) is 80.5. The van der Waals surface area contributed by atoms with E-state index < -0.39 is 0 Å². The molecule has 14 rings (SSSR count). The first kappa shape index (κ1) is 46.0. The fourth-order valence-electron chi connectivity index (χ4n) is 12.4. The Morgan fingerprint density at radius 1 is 0.211 bits per heavy atom. The highest BCUT2D eigenvalue weighted by Gasteiger charge is 2.24. The lowest BCUT2D eigenvalue weighted by Crippen LogP contribution is -2.10. The molecule has 0 N–H and O–H groups in total. The molecule has 4 aromatic heterocycles. The van der Waals surface area contributed by atoms with E-state index in [-0.39, 0.29) is 16.2 Å². The Morgan fingerprint density at radius 3 is 0.658 bits per heavy atom. The largest absolute Gasteiger partial charge is 0.309 e. The summed E-state index contributed by atoms with van der Waals surface area (Å²) >= 11 is 0. The van der Waals surface area contributed by atoms with E-state index in [2.05, 4.69) is 293 Å². The van der Waals surface area contributed by atoms with Crippen molar-refractivity contribution >= 4 is 87.2 Å². The van der Waals surface area contributed by atoms with E-state index in [1.54, 1.807) is 0 Å². The molecular formula is C72H62N4. The summed E-state index contributed by atoms with van der Waals surface area (Å²) in [6.07, 6.45) is 0. The number of benzene rings is 10. The lowest BCUT2D eigenvalue weighted by Gasteiger charge is -2.20. The Labute approximate surface area is 444 Å². The molecule has 0 spiro atoms. The highest BCUT2D eigenvalue weighted by Crippen LogP contribution is 2.43. The van der Waals surface area contributed by atoms with Gasteiger partial charge in [-0.3, -0.25) is 0 Å². The van der Waals surface area contributed by atoms with Gasteiger partial charge in [-0.25, -0.2) is 0 Å². The van der Waals surface area contributed by atoms with Crippen LogP contribution in [-0.4, -0.2) is 18.3 Å². The molecular weight excluding hydrogens is 921 g/mol. The van der Waals surface area contributed by atoms with Gasteiger partial charge in [0.25, 0.3) is 0 Å². The van der Waals surface area contributed by atoms with Crippen LogP contribution in [0.1, 0.15) is 79.0 Å². The quantitative estimate of drug-likeness (QED) is 0.164. The summed E-state index contributed by atoms with van der Waals surface area (Å²) in [4.78, 5) is 0. The number of rotatable bonds is 5. The van der Waals surface area contributed by atoms with Gasteiger partial charge in [0.05, 0.1) is 44.1 Å². The highest BCUT2D eigenvalue weighted by molar-refractivity contribution is 6.13. The maximum Gasteiger partial charge on any atom is 0.0541 e. The molecule has 0 radical (unpaired) electrons. The molecule has 0 aliphatic heterocycles. The van der Waals surface area contributed by atoms with Crippen molar-refractivity contribution in [1.29, 1.82) is 0 Å². The molecule has 0 fully saturated rings. The molecule has 0 aliphatic rings. The average Bonchev–Trinajstić information content (AvgIpc) is 4.28. The van der Waals surface area contributed by atoms with Gasteiger partial charge >= 0.3 is 0 Å². The maximum absolute atomic E-state index is 2.51. The summed E-state index contributed by atoms with van der Waals surface area (Å²) < 4.78 is 10.00. The summed E-state index contributed by atoms with van der Waals surface area (Å²) in [5.74, 6) is 0. The van der Waals surface area contributed by atoms with Gasteiger partial charge in [-0.1, -0.05) is 172 Å². The van der Waals surface area contributed by atoms with Crippen LogP contribution in [-0.2, 0) is 16.2 Å². The van der Waals surface area contributed by atoms with Crippen molar-refractivity contribution in [2.24, 2.45) is 0 Å². The molecule has 14 aromatic rings. The molecule has 10 aromatic carbocycles. The fraction of sp³-hybridized carbons (Fsp3) is 0.167. The van der Waals surface area contributed by atoms with E-state index in [0.29, 0.717) is 0 Å². The topological polar surface area (TPSA) is 19.7 Å². The van der Waals surface area contributed by atoms with Crippen LogP contribution in [0.15, 0.2) is 212 Å². The number of aromatic nitrogens is 4.